The molecule has 4 heteroatoms. The van der Waals surface area contributed by atoms with Crippen molar-refractivity contribution in [1.82, 2.24) is 0 Å². The number of ether oxygens (including phenoxy) is 2. The number of aliphatic hydroxyl groups excluding tert-OH is 1. The standard InChI is InChI=1S/C39H66O4/c1-3-5-7-9-11-13-15-17-19-20-21-22-24-26-28-30-32-34-39(41)43-38(36-40)37-42-35-33-31-29-27-25-23-18-16-14-12-10-8-6-4-2/h5-8,11-14,17-19,23,38,40H,3-4,9-10,15-16,20-22,24-37H2,1-2H3/b7-5-,8-6-,13-11-,14-12-,19-17-,23-18-. The molecule has 0 rings (SSSR count). The number of carbonyl (C=O) groups excluding carboxylic acids is 1. The van der Waals surface area contributed by atoms with E-state index in [2.05, 4.69) is 86.8 Å². The van der Waals surface area contributed by atoms with E-state index in [0.717, 1.165) is 77.0 Å². The lowest BCUT2D eigenvalue weighted by Crippen LogP contribution is -2.27. The number of hydrogen-bond donors (Lipinski definition) is 1. The minimum absolute atomic E-state index is 0.189. The van der Waals surface area contributed by atoms with Gasteiger partial charge in [-0.2, -0.15) is 0 Å². The van der Waals surface area contributed by atoms with E-state index in [1.165, 1.54) is 44.9 Å². The van der Waals surface area contributed by atoms with Crippen LogP contribution in [0.4, 0.5) is 0 Å². The van der Waals surface area contributed by atoms with E-state index in [-0.39, 0.29) is 19.2 Å². The molecule has 0 bridgehead atoms. The molecule has 0 aromatic heterocycles. The van der Waals surface area contributed by atoms with Crippen molar-refractivity contribution in [3.05, 3.63) is 72.9 Å². The molecule has 0 fully saturated rings. The zero-order chi connectivity index (χ0) is 31.3. The maximum atomic E-state index is 12.1. The molecule has 0 spiro atoms. The van der Waals surface area contributed by atoms with Gasteiger partial charge in [0.25, 0.3) is 0 Å². The molecule has 0 amide bonds. The van der Waals surface area contributed by atoms with Crippen LogP contribution in [0.5, 0.6) is 0 Å². The smallest absolute Gasteiger partial charge is 0.306 e. The third-order valence-electron chi connectivity index (χ3n) is 7.03. The number of allylic oxidation sites excluding steroid dienone is 12. The highest BCUT2D eigenvalue weighted by molar-refractivity contribution is 5.69. The molecule has 0 aliphatic heterocycles. The van der Waals surface area contributed by atoms with Gasteiger partial charge in [-0.25, -0.2) is 0 Å². The van der Waals surface area contributed by atoms with Crippen LogP contribution in [-0.2, 0) is 14.3 Å². The second kappa shape index (κ2) is 36.0. The summed E-state index contributed by atoms with van der Waals surface area (Å²) in [6.45, 7) is 5.04. The Morgan fingerprint density at radius 1 is 0.558 bits per heavy atom. The topological polar surface area (TPSA) is 55.8 Å². The van der Waals surface area contributed by atoms with Gasteiger partial charge in [0, 0.05) is 13.0 Å². The van der Waals surface area contributed by atoms with E-state index in [9.17, 15) is 9.90 Å². The minimum atomic E-state index is -0.553. The molecule has 0 aromatic rings. The molecule has 0 radical (unpaired) electrons. The molecule has 0 aromatic carbocycles. The van der Waals surface area contributed by atoms with Crippen LogP contribution in [0.15, 0.2) is 72.9 Å². The van der Waals surface area contributed by atoms with Crippen molar-refractivity contribution in [2.45, 2.75) is 148 Å². The van der Waals surface area contributed by atoms with Crippen LogP contribution in [0.1, 0.15) is 142 Å². The van der Waals surface area contributed by atoms with Gasteiger partial charge in [-0.3, -0.25) is 4.79 Å². The molecule has 1 N–H and O–H groups in total. The first kappa shape index (κ1) is 40.8. The van der Waals surface area contributed by atoms with Gasteiger partial charge < -0.3 is 14.6 Å². The molecule has 1 unspecified atom stereocenters. The molecular formula is C39H66O4. The van der Waals surface area contributed by atoms with Crippen molar-refractivity contribution >= 4 is 5.97 Å². The third-order valence-corrected chi connectivity index (χ3v) is 7.03. The summed E-state index contributed by atoms with van der Waals surface area (Å²) >= 11 is 0. The molecule has 0 aliphatic carbocycles. The Morgan fingerprint density at radius 3 is 1.47 bits per heavy atom. The number of hydrogen-bond acceptors (Lipinski definition) is 4. The van der Waals surface area contributed by atoms with E-state index < -0.39 is 6.10 Å². The molecule has 0 aliphatic rings. The predicted octanol–water partition coefficient (Wildman–Crippen LogP) is 11.1. The van der Waals surface area contributed by atoms with Gasteiger partial charge in [-0.05, 0) is 77.0 Å². The second-order valence-electron chi connectivity index (χ2n) is 11.2. The Kier molecular flexibility index (Phi) is 34.2. The predicted molar refractivity (Wildman–Crippen MR) is 186 cm³/mol. The Morgan fingerprint density at radius 2 is 0.977 bits per heavy atom. The van der Waals surface area contributed by atoms with Gasteiger partial charge in [-0.15, -0.1) is 0 Å². The highest BCUT2D eigenvalue weighted by Gasteiger charge is 2.13. The number of aliphatic hydroxyl groups is 1. The summed E-state index contributed by atoms with van der Waals surface area (Å²) in [5.41, 5.74) is 0. The average molecular weight is 599 g/mol. The summed E-state index contributed by atoms with van der Waals surface area (Å²) < 4.78 is 11.1. The van der Waals surface area contributed by atoms with Crippen molar-refractivity contribution in [2.24, 2.45) is 0 Å². The number of carbonyl (C=O) groups is 1. The first-order valence-electron chi connectivity index (χ1n) is 17.5. The SMILES string of the molecule is CC/C=C\C/C=C\C/C=C\CCCCCCCCCC(=O)OC(CO)COCCCCCC/C=C\C/C=C\C/C=C\CC. The fourth-order valence-corrected chi connectivity index (χ4v) is 4.47. The highest BCUT2D eigenvalue weighted by Crippen LogP contribution is 2.11. The van der Waals surface area contributed by atoms with E-state index in [4.69, 9.17) is 9.47 Å². The second-order valence-corrected chi connectivity index (χ2v) is 11.2. The van der Waals surface area contributed by atoms with E-state index >= 15 is 0 Å². The van der Waals surface area contributed by atoms with Crippen molar-refractivity contribution < 1.29 is 19.4 Å². The lowest BCUT2D eigenvalue weighted by Gasteiger charge is -2.15. The summed E-state index contributed by atoms with van der Waals surface area (Å²) in [5.74, 6) is -0.224. The van der Waals surface area contributed by atoms with Gasteiger partial charge in [-0.1, -0.05) is 132 Å². The lowest BCUT2D eigenvalue weighted by molar-refractivity contribution is -0.154. The maximum absolute atomic E-state index is 12.1. The van der Waals surface area contributed by atoms with Crippen LogP contribution in [0.25, 0.3) is 0 Å². The van der Waals surface area contributed by atoms with Gasteiger partial charge in [0.2, 0.25) is 0 Å². The number of esters is 1. The Balaban J connectivity index is 3.54. The van der Waals surface area contributed by atoms with Crippen LogP contribution >= 0.6 is 0 Å². The summed E-state index contributed by atoms with van der Waals surface area (Å²) in [6, 6.07) is 0. The van der Waals surface area contributed by atoms with Crippen LogP contribution in [0.3, 0.4) is 0 Å². The normalized spacial score (nSPS) is 13.3. The highest BCUT2D eigenvalue weighted by atomic mass is 16.6. The number of unbranched alkanes of at least 4 members (excludes halogenated alkanes) is 11. The van der Waals surface area contributed by atoms with Crippen molar-refractivity contribution in [1.29, 1.82) is 0 Å². The van der Waals surface area contributed by atoms with Crippen LogP contribution < -0.4 is 0 Å². The van der Waals surface area contributed by atoms with Crippen molar-refractivity contribution in [2.75, 3.05) is 19.8 Å². The van der Waals surface area contributed by atoms with E-state index in [1.54, 1.807) is 0 Å². The first-order valence-corrected chi connectivity index (χ1v) is 17.5. The Labute approximate surface area is 266 Å². The fourth-order valence-electron chi connectivity index (χ4n) is 4.47. The monoisotopic (exact) mass is 598 g/mol. The lowest BCUT2D eigenvalue weighted by atomic mass is 10.1. The molecule has 0 saturated heterocycles. The van der Waals surface area contributed by atoms with E-state index in [0.29, 0.717) is 13.0 Å². The van der Waals surface area contributed by atoms with Crippen molar-refractivity contribution in [3.8, 4) is 0 Å². The fraction of sp³-hybridized carbons (Fsp3) is 0.667. The zero-order valence-electron chi connectivity index (χ0n) is 27.9. The molecule has 43 heavy (non-hydrogen) atoms. The van der Waals surface area contributed by atoms with Crippen LogP contribution in [-0.4, -0.2) is 37.0 Å². The molecule has 1 atom stereocenters. The van der Waals surface area contributed by atoms with Gasteiger partial charge in [0.05, 0.1) is 13.2 Å². The zero-order valence-corrected chi connectivity index (χ0v) is 27.9. The molecule has 4 nitrogen and oxygen atoms in total. The summed E-state index contributed by atoms with van der Waals surface area (Å²) in [5, 5.41) is 9.54. The van der Waals surface area contributed by atoms with Crippen molar-refractivity contribution in [3.63, 3.8) is 0 Å². The summed E-state index contributed by atoms with van der Waals surface area (Å²) in [6.07, 6.45) is 47.9. The summed E-state index contributed by atoms with van der Waals surface area (Å²) in [7, 11) is 0. The largest absolute Gasteiger partial charge is 0.457 e. The van der Waals surface area contributed by atoms with Gasteiger partial charge in [0.15, 0.2) is 0 Å². The van der Waals surface area contributed by atoms with Crippen LogP contribution in [0.2, 0.25) is 0 Å². The molecular weight excluding hydrogens is 532 g/mol. The van der Waals surface area contributed by atoms with Gasteiger partial charge >= 0.3 is 5.97 Å². The minimum Gasteiger partial charge on any atom is -0.457 e. The molecule has 246 valence electrons. The Bertz CT molecular complexity index is 759. The summed E-state index contributed by atoms with van der Waals surface area (Å²) in [4.78, 5) is 12.1. The maximum Gasteiger partial charge on any atom is 0.306 e. The molecule has 0 heterocycles. The quantitative estimate of drug-likeness (QED) is 0.0490. The first-order chi connectivity index (χ1) is 21.2. The van der Waals surface area contributed by atoms with Gasteiger partial charge in [0.1, 0.15) is 6.10 Å². The van der Waals surface area contributed by atoms with Crippen LogP contribution in [0, 0.1) is 0 Å². The van der Waals surface area contributed by atoms with E-state index in [1.807, 2.05) is 0 Å². The Hall–Kier alpha value is -2.17. The average Bonchev–Trinajstić information content (AvgIpc) is 3.01. The number of rotatable bonds is 31. The third kappa shape index (κ3) is 34.2. The molecule has 0 saturated carbocycles.